The minimum atomic E-state index is 0.715. The van der Waals surface area contributed by atoms with Gasteiger partial charge in [0.05, 0.1) is 22.2 Å². The molecule has 0 aliphatic rings. The Morgan fingerprint density at radius 1 is 0.367 bits per heavy atom. The van der Waals surface area contributed by atoms with Crippen LogP contribution in [0.4, 0.5) is 0 Å². The lowest BCUT2D eigenvalue weighted by Crippen LogP contribution is -1.96. The van der Waals surface area contributed by atoms with E-state index in [1.54, 1.807) is 0 Å². The number of nitrogens with zero attached hydrogens (tertiary/aromatic N) is 3. The molecule has 228 valence electrons. The van der Waals surface area contributed by atoms with Gasteiger partial charge in [-0.25, -0.2) is 9.97 Å². The zero-order valence-corrected chi connectivity index (χ0v) is 26.6. The molecule has 0 radical (unpaired) electrons. The SMILES string of the molecule is c1ccc(-n2c3ccc(-c4nc(-c5cccc(-c6ccc7ccccc7c6)c5)c5ccccc5n4)cc3c3c4ccccc4ccc32)cc1. The van der Waals surface area contributed by atoms with Gasteiger partial charge in [-0.15, -0.1) is 0 Å². The van der Waals surface area contributed by atoms with Gasteiger partial charge in [0.2, 0.25) is 0 Å². The van der Waals surface area contributed by atoms with Gasteiger partial charge in [-0.1, -0.05) is 121 Å². The van der Waals surface area contributed by atoms with Crippen LogP contribution in [0.2, 0.25) is 0 Å². The molecule has 49 heavy (non-hydrogen) atoms. The van der Waals surface area contributed by atoms with Crippen LogP contribution in [0.1, 0.15) is 0 Å². The summed E-state index contributed by atoms with van der Waals surface area (Å²) in [6.07, 6.45) is 0. The molecule has 0 unspecified atom stereocenters. The number of para-hydroxylation sites is 2. The molecule has 2 heterocycles. The molecule has 8 aromatic carbocycles. The van der Waals surface area contributed by atoms with Crippen molar-refractivity contribution in [1.82, 2.24) is 14.5 Å². The second-order valence-corrected chi connectivity index (χ2v) is 12.6. The third kappa shape index (κ3) is 4.51. The lowest BCUT2D eigenvalue weighted by molar-refractivity contribution is 1.18. The second-order valence-electron chi connectivity index (χ2n) is 12.6. The predicted octanol–water partition coefficient (Wildman–Crippen LogP) is 12.0. The molecule has 0 N–H and O–H groups in total. The Labute approximate surface area is 283 Å². The Morgan fingerprint density at radius 2 is 1.04 bits per heavy atom. The zero-order valence-electron chi connectivity index (χ0n) is 26.6. The van der Waals surface area contributed by atoms with Crippen LogP contribution in [-0.4, -0.2) is 14.5 Å². The van der Waals surface area contributed by atoms with Crippen molar-refractivity contribution in [3.8, 4) is 39.5 Å². The van der Waals surface area contributed by atoms with E-state index in [-0.39, 0.29) is 0 Å². The third-order valence-electron chi connectivity index (χ3n) is 9.75. The van der Waals surface area contributed by atoms with E-state index in [0.717, 1.165) is 44.5 Å². The van der Waals surface area contributed by atoms with Gasteiger partial charge >= 0.3 is 0 Å². The number of hydrogen-bond donors (Lipinski definition) is 0. The number of benzene rings is 8. The smallest absolute Gasteiger partial charge is 0.160 e. The molecule has 0 spiro atoms. The molecule has 0 saturated heterocycles. The molecule has 3 nitrogen and oxygen atoms in total. The summed E-state index contributed by atoms with van der Waals surface area (Å²) < 4.78 is 2.37. The van der Waals surface area contributed by atoms with Crippen LogP contribution in [-0.2, 0) is 0 Å². The molecular formula is C46H29N3. The average Bonchev–Trinajstić information content (AvgIpc) is 3.52. The molecule has 3 heteroatoms. The fraction of sp³-hybridized carbons (Fsp3) is 0. The van der Waals surface area contributed by atoms with Gasteiger partial charge in [0, 0.05) is 33.0 Å². The number of aromatic nitrogens is 3. The van der Waals surface area contributed by atoms with Crippen LogP contribution in [0.25, 0.3) is 93.7 Å². The minimum absolute atomic E-state index is 0.715. The van der Waals surface area contributed by atoms with Gasteiger partial charge < -0.3 is 4.57 Å². The van der Waals surface area contributed by atoms with Crippen molar-refractivity contribution in [1.29, 1.82) is 0 Å². The van der Waals surface area contributed by atoms with E-state index in [1.807, 2.05) is 0 Å². The van der Waals surface area contributed by atoms with Crippen molar-refractivity contribution in [2.45, 2.75) is 0 Å². The summed E-state index contributed by atoms with van der Waals surface area (Å²) in [5.74, 6) is 0.715. The third-order valence-corrected chi connectivity index (χ3v) is 9.75. The van der Waals surface area contributed by atoms with Gasteiger partial charge in [0.15, 0.2) is 5.82 Å². The Kier molecular flexibility index (Phi) is 6.18. The summed E-state index contributed by atoms with van der Waals surface area (Å²) in [7, 11) is 0. The molecule has 0 fully saturated rings. The molecule has 0 atom stereocenters. The standard InChI is InChI=1S/C46H29N3/c1-2-16-37(17-3-1)49-42-25-24-36(29-40(42)44-38-18-7-6-12-31(38)23-26-43(44)49)46-47-41-20-9-8-19-39(41)45(48-46)35-15-10-14-33(28-35)34-22-21-30-11-4-5-13-32(30)27-34/h1-29H. The van der Waals surface area contributed by atoms with Crippen molar-refractivity contribution in [2.24, 2.45) is 0 Å². The van der Waals surface area contributed by atoms with Crippen molar-refractivity contribution in [2.75, 3.05) is 0 Å². The van der Waals surface area contributed by atoms with E-state index < -0.39 is 0 Å². The summed E-state index contributed by atoms with van der Waals surface area (Å²) >= 11 is 0. The molecule has 0 aliphatic heterocycles. The van der Waals surface area contributed by atoms with Crippen LogP contribution in [0, 0.1) is 0 Å². The molecular weight excluding hydrogens is 595 g/mol. The molecule has 0 aliphatic carbocycles. The normalized spacial score (nSPS) is 11.7. The highest BCUT2D eigenvalue weighted by Gasteiger charge is 2.18. The Bertz CT molecular complexity index is 2880. The minimum Gasteiger partial charge on any atom is -0.309 e. The van der Waals surface area contributed by atoms with E-state index in [0.29, 0.717) is 5.82 Å². The van der Waals surface area contributed by atoms with Crippen LogP contribution in [0.5, 0.6) is 0 Å². The Morgan fingerprint density at radius 3 is 1.94 bits per heavy atom. The molecule has 10 rings (SSSR count). The van der Waals surface area contributed by atoms with E-state index in [4.69, 9.17) is 9.97 Å². The first-order chi connectivity index (χ1) is 24.3. The van der Waals surface area contributed by atoms with Crippen molar-refractivity contribution >= 4 is 54.3 Å². The maximum atomic E-state index is 5.32. The van der Waals surface area contributed by atoms with Gasteiger partial charge in [-0.05, 0) is 87.3 Å². The topological polar surface area (TPSA) is 30.7 Å². The number of hydrogen-bond acceptors (Lipinski definition) is 2. The first-order valence-electron chi connectivity index (χ1n) is 16.7. The largest absolute Gasteiger partial charge is 0.309 e. The maximum Gasteiger partial charge on any atom is 0.160 e. The first-order valence-corrected chi connectivity index (χ1v) is 16.7. The van der Waals surface area contributed by atoms with Gasteiger partial charge in [-0.3, -0.25) is 0 Å². The van der Waals surface area contributed by atoms with Crippen molar-refractivity contribution < 1.29 is 0 Å². The quantitative estimate of drug-likeness (QED) is 0.195. The molecule has 2 aromatic heterocycles. The van der Waals surface area contributed by atoms with Crippen LogP contribution >= 0.6 is 0 Å². The summed E-state index contributed by atoms with van der Waals surface area (Å²) in [6.45, 7) is 0. The monoisotopic (exact) mass is 623 g/mol. The summed E-state index contributed by atoms with van der Waals surface area (Å²) in [5.41, 5.74) is 9.75. The van der Waals surface area contributed by atoms with E-state index in [9.17, 15) is 0 Å². The Hall–Kier alpha value is -6.58. The van der Waals surface area contributed by atoms with Crippen LogP contribution in [0.3, 0.4) is 0 Å². The molecule has 10 aromatic rings. The lowest BCUT2D eigenvalue weighted by atomic mass is 9.97. The maximum absolute atomic E-state index is 5.32. The van der Waals surface area contributed by atoms with E-state index >= 15 is 0 Å². The Balaban J connectivity index is 1.18. The predicted molar refractivity (Wildman–Crippen MR) is 205 cm³/mol. The second kappa shape index (κ2) is 11.0. The average molecular weight is 624 g/mol. The first kappa shape index (κ1) is 27.5. The zero-order chi connectivity index (χ0) is 32.3. The fourth-order valence-corrected chi connectivity index (χ4v) is 7.43. The van der Waals surface area contributed by atoms with Gasteiger partial charge in [0.25, 0.3) is 0 Å². The summed E-state index contributed by atoms with van der Waals surface area (Å²) in [5, 5.41) is 8.40. The van der Waals surface area contributed by atoms with Crippen molar-refractivity contribution in [3.05, 3.63) is 176 Å². The van der Waals surface area contributed by atoms with Crippen LogP contribution in [0.15, 0.2) is 176 Å². The highest BCUT2D eigenvalue weighted by atomic mass is 15.0. The van der Waals surface area contributed by atoms with E-state index in [2.05, 4.69) is 180 Å². The van der Waals surface area contributed by atoms with Gasteiger partial charge in [0.1, 0.15) is 0 Å². The van der Waals surface area contributed by atoms with Gasteiger partial charge in [-0.2, -0.15) is 0 Å². The number of fused-ring (bicyclic) bond motifs is 7. The highest BCUT2D eigenvalue weighted by molar-refractivity contribution is 6.21. The number of rotatable bonds is 4. The van der Waals surface area contributed by atoms with E-state index in [1.165, 1.54) is 43.4 Å². The lowest BCUT2D eigenvalue weighted by Gasteiger charge is -2.12. The molecule has 0 saturated carbocycles. The summed E-state index contributed by atoms with van der Waals surface area (Å²) in [4.78, 5) is 10.5. The summed E-state index contributed by atoms with van der Waals surface area (Å²) in [6, 6.07) is 62.6. The molecule has 0 bridgehead atoms. The highest BCUT2D eigenvalue weighted by Crippen LogP contribution is 2.39. The van der Waals surface area contributed by atoms with Crippen molar-refractivity contribution in [3.63, 3.8) is 0 Å². The molecule has 0 amide bonds. The fourth-order valence-electron chi connectivity index (χ4n) is 7.43. The van der Waals surface area contributed by atoms with Crippen LogP contribution < -0.4 is 0 Å².